The van der Waals surface area contributed by atoms with Gasteiger partial charge in [0, 0.05) is 44.9 Å². The fourth-order valence-electron chi connectivity index (χ4n) is 4.30. The Labute approximate surface area is 203 Å². The zero-order valence-corrected chi connectivity index (χ0v) is 19.7. The summed E-state index contributed by atoms with van der Waals surface area (Å²) in [5, 5.41) is 14.4. The largest absolute Gasteiger partial charge is 0.461 e. The lowest BCUT2D eigenvalue weighted by atomic mass is 10.2. The Kier molecular flexibility index (Phi) is 6.05. The van der Waals surface area contributed by atoms with Gasteiger partial charge in [-0.1, -0.05) is 11.6 Å². The van der Waals surface area contributed by atoms with E-state index >= 15 is 0 Å². The van der Waals surface area contributed by atoms with Gasteiger partial charge in [-0.25, -0.2) is 4.98 Å². The molecule has 14 heteroatoms. The summed E-state index contributed by atoms with van der Waals surface area (Å²) in [4.78, 5) is 11.1. The van der Waals surface area contributed by atoms with Gasteiger partial charge < -0.3 is 15.1 Å². The van der Waals surface area contributed by atoms with Crippen LogP contribution in [0.25, 0.3) is 17.2 Å². The quantitative estimate of drug-likeness (QED) is 0.387. The number of aromatic nitrogens is 6. The third kappa shape index (κ3) is 4.52. The van der Waals surface area contributed by atoms with Crippen LogP contribution in [0.4, 0.5) is 24.9 Å². The maximum Gasteiger partial charge on any atom is 0.435 e. The molecule has 4 aromatic heterocycles. The first kappa shape index (κ1) is 23.4. The van der Waals surface area contributed by atoms with E-state index in [2.05, 4.69) is 30.8 Å². The number of hydrogen-bond acceptors (Lipinski definition) is 8. The molecule has 1 aliphatic rings. The van der Waals surface area contributed by atoms with Gasteiger partial charge in [-0.15, -0.1) is 5.10 Å². The van der Waals surface area contributed by atoms with E-state index in [9.17, 15) is 13.2 Å². The number of furan rings is 1. The van der Waals surface area contributed by atoms with E-state index in [-0.39, 0.29) is 23.3 Å². The fourth-order valence-corrected chi connectivity index (χ4v) is 4.49. The normalized spacial score (nSPS) is 16.9. The minimum atomic E-state index is -4.57. The lowest BCUT2D eigenvalue weighted by molar-refractivity contribution is -0.142. The Hall–Kier alpha value is -3.32. The number of rotatable bonds is 7. The van der Waals surface area contributed by atoms with Gasteiger partial charge in [0.05, 0.1) is 6.26 Å². The first-order valence-electron chi connectivity index (χ1n) is 11.0. The molecule has 35 heavy (non-hydrogen) atoms. The van der Waals surface area contributed by atoms with Crippen LogP contribution >= 0.6 is 11.6 Å². The summed E-state index contributed by atoms with van der Waals surface area (Å²) in [5.74, 6) is 2.00. The Bertz CT molecular complexity index is 1330. The van der Waals surface area contributed by atoms with E-state index in [1.165, 1.54) is 7.05 Å². The number of nitrogens with zero attached hydrogens (tertiary/aromatic N) is 7. The summed E-state index contributed by atoms with van der Waals surface area (Å²) in [6, 6.07) is 5.25. The van der Waals surface area contributed by atoms with Crippen LogP contribution in [0.2, 0.25) is 5.15 Å². The van der Waals surface area contributed by atoms with Crippen LogP contribution in [0.3, 0.4) is 0 Å². The van der Waals surface area contributed by atoms with Crippen molar-refractivity contribution >= 4 is 29.0 Å². The molecule has 0 aliphatic carbocycles. The van der Waals surface area contributed by atoms with Crippen molar-refractivity contribution in [2.24, 2.45) is 7.05 Å². The predicted octanol–water partition coefficient (Wildman–Crippen LogP) is 3.91. The molecule has 1 atom stereocenters. The Morgan fingerprint density at radius 3 is 2.80 bits per heavy atom. The van der Waals surface area contributed by atoms with Gasteiger partial charge in [-0.2, -0.15) is 27.8 Å². The summed E-state index contributed by atoms with van der Waals surface area (Å²) in [6.45, 7) is 1.16. The maximum atomic E-state index is 13.5. The summed E-state index contributed by atoms with van der Waals surface area (Å²) >= 11 is 6.18. The average molecular weight is 510 g/mol. The fraction of sp³-hybridized carbons (Fsp3) is 0.429. The van der Waals surface area contributed by atoms with Gasteiger partial charge in [0.15, 0.2) is 17.1 Å². The molecule has 1 unspecified atom stereocenters. The van der Waals surface area contributed by atoms with Crippen molar-refractivity contribution in [2.45, 2.75) is 31.6 Å². The van der Waals surface area contributed by atoms with Crippen molar-refractivity contribution in [1.82, 2.24) is 34.3 Å². The number of fused-ring (bicyclic) bond motifs is 1. The van der Waals surface area contributed by atoms with Crippen LogP contribution in [0.5, 0.6) is 0 Å². The Morgan fingerprint density at radius 2 is 2.09 bits per heavy atom. The smallest absolute Gasteiger partial charge is 0.435 e. The molecule has 0 radical (unpaired) electrons. The number of anilines is 2. The summed E-state index contributed by atoms with van der Waals surface area (Å²) < 4.78 is 48.6. The molecule has 1 saturated heterocycles. The van der Waals surface area contributed by atoms with E-state index in [1.807, 2.05) is 4.90 Å². The predicted molar refractivity (Wildman–Crippen MR) is 123 cm³/mol. The number of alkyl halides is 3. The number of aryl methyl sites for hydroxylation is 1. The van der Waals surface area contributed by atoms with Crippen molar-refractivity contribution < 1.29 is 17.6 Å². The van der Waals surface area contributed by atoms with E-state index in [0.717, 1.165) is 17.5 Å². The van der Waals surface area contributed by atoms with E-state index in [4.69, 9.17) is 16.0 Å². The highest BCUT2D eigenvalue weighted by atomic mass is 35.5. The molecule has 186 valence electrons. The van der Waals surface area contributed by atoms with Gasteiger partial charge in [0.25, 0.3) is 0 Å². The van der Waals surface area contributed by atoms with Crippen LogP contribution in [0.1, 0.15) is 24.1 Å². The van der Waals surface area contributed by atoms with Gasteiger partial charge >= 0.3 is 6.18 Å². The second kappa shape index (κ2) is 9.04. The molecule has 2 N–H and O–H groups in total. The number of likely N-dealkylation sites (tertiary alicyclic amines) is 1. The van der Waals surface area contributed by atoms with Crippen molar-refractivity contribution in [1.29, 1.82) is 0 Å². The standard InChI is InChI=1S/C21H23ClF3N9O/c1-26-15-9-16-29-19(14-6-4-8-35-14)31-34(16)20(28-15)27-10-12-5-3-7-33(12)11-13-17(21(23,24)25)30-32(2)18(13)22/h4,6,8-9,12,26H,3,5,7,10-11H2,1-2H3,(H,27,28). The second-order valence-electron chi connectivity index (χ2n) is 8.28. The van der Waals surface area contributed by atoms with Gasteiger partial charge in [-0.05, 0) is 31.5 Å². The summed E-state index contributed by atoms with van der Waals surface area (Å²) in [6.07, 6.45) is -1.35. The van der Waals surface area contributed by atoms with E-state index < -0.39 is 11.9 Å². The second-order valence-corrected chi connectivity index (χ2v) is 8.64. The first-order chi connectivity index (χ1) is 16.7. The molecule has 0 bridgehead atoms. The van der Waals surface area contributed by atoms with Gasteiger partial charge in [-0.3, -0.25) is 9.58 Å². The van der Waals surface area contributed by atoms with Gasteiger partial charge in [0.2, 0.25) is 11.8 Å². The minimum Gasteiger partial charge on any atom is -0.461 e. The molecular weight excluding hydrogens is 487 g/mol. The lowest BCUT2D eigenvalue weighted by Gasteiger charge is -2.25. The lowest BCUT2D eigenvalue weighted by Crippen LogP contribution is -2.35. The summed E-state index contributed by atoms with van der Waals surface area (Å²) in [7, 11) is 3.16. The van der Waals surface area contributed by atoms with E-state index in [0.29, 0.717) is 42.1 Å². The minimum absolute atomic E-state index is 0.00546. The molecule has 10 nitrogen and oxygen atoms in total. The SMILES string of the molecule is CNc1cc2nc(-c3ccco3)nn2c(NCC2CCCN2Cc2c(C(F)(F)F)nn(C)c2Cl)n1. The topological polar surface area (TPSA) is 101 Å². The van der Waals surface area contributed by atoms with Crippen LogP contribution in [0.15, 0.2) is 28.9 Å². The van der Waals surface area contributed by atoms with Crippen LogP contribution in [-0.4, -0.2) is 60.4 Å². The zero-order valence-electron chi connectivity index (χ0n) is 19.0. The molecule has 0 amide bonds. The number of hydrogen-bond donors (Lipinski definition) is 2. The highest BCUT2D eigenvalue weighted by Crippen LogP contribution is 2.36. The molecule has 0 saturated carbocycles. The first-order valence-corrected chi connectivity index (χ1v) is 11.4. The maximum absolute atomic E-state index is 13.5. The van der Waals surface area contributed by atoms with Crippen molar-refractivity contribution in [3.8, 4) is 11.6 Å². The number of nitrogens with one attached hydrogen (secondary N) is 2. The third-order valence-corrected chi connectivity index (χ3v) is 6.49. The van der Waals surface area contributed by atoms with Crippen LogP contribution in [-0.2, 0) is 19.8 Å². The number of halogens is 4. The average Bonchev–Trinajstić information content (AvgIpc) is 3.60. The zero-order chi connectivity index (χ0) is 24.7. The molecular formula is C21H23ClF3N9O. The molecule has 1 aliphatic heterocycles. The molecule has 5 heterocycles. The molecule has 1 fully saturated rings. The third-order valence-electron chi connectivity index (χ3n) is 6.02. The highest BCUT2D eigenvalue weighted by Gasteiger charge is 2.40. The van der Waals surface area contributed by atoms with E-state index in [1.54, 1.807) is 36.0 Å². The van der Waals surface area contributed by atoms with Crippen molar-refractivity contribution in [2.75, 3.05) is 30.8 Å². The van der Waals surface area contributed by atoms with Crippen LogP contribution in [0, 0.1) is 0 Å². The molecule has 5 rings (SSSR count). The monoisotopic (exact) mass is 509 g/mol. The Morgan fingerprint density at radius 1 is 1.26 bits per heavy atom. The summed E-state index contributed by atoms with van der Waals surface area (Å²) in [5.41, 5.74) is -0.383. The highest BCUT2D eigenvalue weighted by molar-refractivity contribution is 6.30. The van der Waals surface area contributed by atoms with Crippen molar-refractivity contribution in [3.63, 3.8) is 0 Å². The molecule has 4 aromatic rings. The van der Waals surface area contributed by atoms with Crippen LogP contribution < -0.4 is 10.6 Å². The Balaban J connectivity index is 1.37. The molecule has 0 aromatic carbocycles. The van der Waals surface area contributed by atoms with Crippen molar-refractivity contribution in [3.05, 3.63) is 40.9 Å². The van der Waals surface area contributed by atoms with Gasteiger partial charge in [0.1, 0.15) is 11.0 Å². The molecule has 0 spiro atoms.